The van der Waals surface area contributed by atoms with E-state index in [0.29, 0.717) is 24.5 Å². The summed E-state index contributed by atoms with van der Waals surface area (Å²) >= 11 is 0. The molecule has 0 radical (unpaired) electrons. The van der Waals surface area contributed by atoms with Crippen LogP contribution in [0.4, 0.5) is 0 Å². The summed E-state index contributed by atoms with van der Waals surface area (Å²) < 4.78 is 10.2. The van der Waals surface area contributed by atoms with Crippen LogP contribution in [0, 0.1) is 0 Å². The molecule has 1 N–H and O–H groups in total. The first-order valence-corrected chi connectivity index (χ1v) is 6.12. The number of carbonyl (C=O) groups excluding carboxylic acids is 1. The van der Waals surface area contributed by atoms with Crippen LogP contribution in [0.25, 0.3) is 11.3 Å². The second-order valence-electron chi connectivity index (χ2n) is 3.66. The third-order valence-corrected chi connectivity index (χ3v) is 2.33. The molecule has 106 valence electrons. The molecule has 8 heteroatoms. The average Bonchev–Trinajstić information content (AvgIpc) is 3.07. The van der Waals surface area contributed by atoms with Gasteiger partial charge in [-0.05, 0) is 13.8 Å². The van der Waals surface area contributed by atoms with Gasteiger partial charge in [0.05, 0.1) is 6.20 Å². The van der Waals surface area contributed by atoms with Crippen molar-refractivity contribution in [2.75, 3.05) is 13.2 Å². The van der Waals surface area contributed by atoms with Gasteiger partial charge in [0.15, 0.2) is 17.2 Å². The minimum absolute atomic E-state index is 0.113. The lowest BCUT2D eigenvalue weighted by atomic mass is 10.1. The largest absolute Gasteiger partial charge is 0.396 e. The molecule has 0 aliphatic rings. The summed E-state index contributed by atoms with van der Waals surface area (Å²) in [6.07, 6.45) is 2.80. The van der Waals surface area contributed by atoms with E-state index in [1.54, 1.807) is 13.0 Å². The van der Waals surface area contributed by atoms with Gasteiger partial charge in [-0.3, -0.25) is 4.79 Å². The Bertz CT molecular complexity index is 589. The van der Waals surface area contributed by atoms with Crippen LogP contribution in [-0.4, -0.2) is 35.6 Å². The maximum atomic E-state index is 11.9. The fourth-order valence-electron chi connectivity index (χ4n) is 1.53. The van der Waals surface area contributed by atoms with Gasteiger partial charge in [0.25, 0.3) is 5.91 Å². The number of hydrogen-bond donors (Lipinski definition) is 1. The SMILES string of the molecule is CCNC(=O)c1noc(C=NOCC)c1-c1ccno1. The van der Waals surface area contributed by atoms with Crippen LogP contribution >= 0.6 is 0 Å². The first kappa shape index (κ1) is 13.8. The maximum Gasteiger partial charge on any atom is 0.274 e. The van der Waals surface area contributed by atoms with E-state index in [9.17, 15) is 4.79 Å². The topological polar surface area (TPSA) is 103 Å². The van der Waals surface area contributed by atoms with Gasteiger partial charge in [0.1, 0.15) is 18.4 Å². The van der Waals surface area contributed by atoms with Crippen molar-refractivity contribution in [1.82, 2.24) is 15.6 Å². The van der Waals surface area contributed by atoms with Crippen molar-refractivity contribution in [3.63, 3.8) is 0 Å². The van der Waals surface area contributed by atoms with Crippen LogP contribution in [0.15, 0.2) is 26.5 Å². The van der Waals surface area contributed by atoms with Crippen LogP contribution in [0.3, 0.4) is 0 Å². The Balaban J connectivity index is 2.41. The number of aromatic nitrogens is 2. The van der Waals surface area contributed by atoms with Crippen molar-refractivity contribution in [3.05, 3.63) is 23.7 Å². The lowest BCUT2D eigenvalue weighted by molar-refractivity contribution is 0.0947. The summed E-state index contributed by atoms with van der Waals surface area (Å²) in [6.45, 7) is 4.51. The molecule has 0 saturated heterocycles. The van der Waals surface area contributed by atoms with Crippen LogP contribution in [-0.2, 0) is 4.84 Å². The Morgan fingerprint density at radius 1 is 1.50 bits per heavy atom. The Hall–Kier alpha value is -2.64. The molecule has 20 heavy (non-hydrogen) atoms. The lowest BCUT2D eigenvalue weighted by Gasteiger charge is -1.99. The molecule has 0 spiro atoms. The van der Waals surface area contributed by atoms with E-state index < -0.39 is 0 Å². The van der Waals surface area contributed by atoms with Crippen molar-refractivity contribution < 1.29 is 18.7 Å². The summed E-state index contributed by atoms with van der Waals surface area (Å²) in [5, 5.41) is 13.7. The molecule has 0 saturated carbocycles. The van der Waals surface area contributed by atoms with E-state index in [1.165, 1.54) is 12.4 Å². The quantitative estimate of drug-likeness (QED) is 0.633. The molecule has 0 aliphatic carbocycles. The Labute approximate surface area is 114 Å². The first-order chi connectivity index (χ1) is 9.77. The Morgan fingerprint density at radius 2 is 2.35 bits per heavy atom. The molecule has 0 unspecified atom stereocenters. The number of nitrogens with zero attached hydrogens (tertiary/aromatic N) is 3. The number of rotatable bonds is 6. The highest BCUT2D eigenvalue weighted by Crippen LogP contribution is 2.26. The van der Waals surface area contributed by atoms with E-state index in [0.717, 1.165) is 0 Å². The zero-order chi connectivity index (χ0) is 14.4. The average molecular weight is 278 g/mol. The molecule has 0 aromatic carbocycles. The third-order valence-electron chi connectivity index (χ3n) is 2.33. The van der Waals surface area contributed by atoms with Gasteiger partial charge in [-0.2, -0.15) is 0 Å². The van der Waals surface area contributed by atoms with Crippen molar-refractivity contribution >= 4 is 12.1 Å². The molecular weight excluding hydrogens is 264 g/mol. The number of nitrogens with one attached hydrogen (secondary N) is 1. The van der Waals surface area contributed by atoms with Crippen LogP contribution < -0.4 is 5.32 Å². The summed E-state index contributed by atoms with van der Waals surface area (Å²) in [4.78, 5) is 16.8. The van der Waals surface area contributed by atoms with E-state index in [1.807, 2.05) is 6.92 Å². The summed E-state index contributed by atoms with van der Waals surface area (Å²) in [7, 11) is 0. The predicted molar refractivity (Wildman–Crippen MR) is 69.2 cm³/mol. The predicted octanol–water partition coefficient (Wildman–Crippen LogP) is 1.45. The highest BCUT2D eigenvalue weighted by molar-refractivity contribution is 6.02. The van der Waals surface area contributed by atoms with Crippen molar-refractivity contribution in [2.45, 2.75) is 13.8 Å². The molecule has 0 bridgehead atoms. The minimum atomic E-state index is -0.362. The molecule has 2 rings (SSSR count). The fourth-order valence-corrected chi connectivity index (χ4v) is 1.53. The van der Waals surface area contributed by atoms with Crippen LogP contribution in [0.2, 0.25) is 0 Å². The number of oxime groups is 1. The highest BCUT2D eigenvalue weighted by atomic mass is 16.6. The zero-order valence-corrected chi connectivity index (χ0v) is 11.1. The first-order valence-electron chi connectivity index (χ1n) is 6.12. The summed E-state index contributed by atoms with van der Waals surface area (Å²) in [5.74, 6) is 0.264. The zero-order valence-electron chi connectivity index (χ0n) is 11.1. The third kappa shape index (κ3) is 2.85. The molecule has 2 aromatic heterocycles. The van der Waals surface area contributed by atoms with Gasteiger partial charge < -0.3 is 19.2 Å². The molecule has 0 fully saturated rings. The van der Waals surface area contributed by atoms with Crippen LogP contribution in [0.1, 0.15) is 30.1 Å². The normalized spacial score (nSPS) is 10.9. The van der Waals surface area contributed by atoms with Gasteiger partial charge in [-0.15, -0.1) is 0 Å². The smallest absolute Gasteiger partial charge is 0.274 e. The van der Waals surface area contributed by atoms with Gasteiger partial charge in [-0.1, -0.05) is 15.5 Å². The van der Waals surface area contributed by atoms with E-state index in [2.05, 4.69) is 20.8 Å². The molecule has 0 atom stereocenters. The lowest BCUT2D eigenvalue weighted by Crippen LogP contribution is -2.23. The van der Waals surface area contributed by atoms with E-state index in [4.69, 9.17) is 13.9 Å². The molecule has 1 amide bonds. The van der Waals surface area contributed by atoms with Gasteiger partial charge >= 0.3 is 0 Å². The molecule has 2 heterocycles. The number of amides is 1. The monoisotopic (exact) mass is 278 g/mol. The second kappa shape index (κ2) is 6.50. The Kier molecular flexibility index (Phi) is 4.48. The summed E-state index contributed by atoms with van der Waals surface area (Å²) in [6, 6.07) is 1.60. The Morgan fingerprint density at radius 3 is 3.00 bits per heavy atom. The minimum Gasteiger partial charge on any atom is -0.396 e. The summed E-state index contributed by atoms with van der Waals surface area (Å²) in [5.41, 5.74) is 0.499. The molecular formula is C12H14N4O4. The van der Waals surface area contributed by atoms with Gasteiger partial charge in [0, 0.05) is 12.6 Å². The molecule has 2 aromatic rings. The molecule has 8 nitrogen and oxygen atoms in total. The van der Waals surface area contributed by atoms with Crippen molar-refractivity contribution in [3.8, 4) is 11.3 Å². The fraction of sp³-hybridized carbons (Fsp3) is 0.333. The number of carbonyl (C=O) groups is 1. The van der Waals surface area contributed by atoms with E-state index in [-0.39, 0.29) is 17.4 Å². The van der Waals surface area contributed by atoms with Gasteiger partial charge in [-0.25, -0.2) is 0 Å². The maximum absolute atomic E-state index is 11.9. The number of hydrogen-bond acceptors (Lipinski definition) is 7. The second-order valence-corrected chi connectivity index (χ2v) is 3.66. The highest BCUT2D eigenvalue weighted by Gasteiger charge is 2.24. The molecule has 0 aliphatic heterocycles. The van der Waals surface area contributed by atoms with E-state index >= 15 is 0 Å². The standard InChI is InChI=1S/C12H14N4O4/c1-3-13-12(17)11-10(8-5-6-14-19-8)9(20-16-11)7-15-18-4-2/h5-7H,3-4H2,1-2H3,(H,13,17). The van der Waals surface area contributed by atoms with Crippen LogP contribution in [0.5, 0.6) is 0 Å². The van der Waals surface area contributed by atoms with Crippen molar-refractivity contribution in [2.24, 2.45) is 5.16 Å². The van der Waals surface area contributed by atoms with Crippen molar-refractivity contribution in [1.29, 1.82) is 0 Å². The van der Waals surface area contributed by atoms with Gasteiger partial charge in [0.2, 0.25) is 0 Å².